The fraction of sp³-hybridized carbons (Fsp3) is 0.513. The lowest BCUT2D eigenvalue weighted by molar-refractivity contribution is -0.122. The quantitative estimate of drug-likeness (QED) is 0.0992. The maximum atomic E-state index is 15.6. The van der Waals surface area contributed by atoms with Gasteiger partial charge in [-0.15, -0.1) is 0 Å². The molecule has 18 heteroatoms. The fourth-order valence-corrected chi connectivity index (χ4v) is 6.89. The number of sulfone groups is 1. The van der Waals surface area contributed by atoms with Gasteiger partial charge >= 0.3 is 0 Å². The number of halogens is 1. The summed E-state index contributed by atoms with van der Waals surface area (Å²) < 4.78 is 79.9. The van der Waals surface area contributed by atoms with E-state index in [4.69, 9.17) is 44.6 Å². The Balaban J connectivity index is 1.10. The van der Waals surface area contributed by atoms with Crippen LogP contribution in [0.2, 0.25) is 0 Å². The standard InChI is InChI=1S/C39H54FN5O11S/c1-29-33(39(47)45-11-14-56-34-5-2-30(26-32(34)28-45)31-3-7-36(42)44-27-31)4-6-35(38(29)40)57(48,49)25-10-43-37(46)8-12-50-15-17-52-19-21-54-23-24-55-22-20-53-18-16-51-13-9-41/h2-7,26-27H,8-25,28,41H2,1H3,(H2,42,44)(H,43,46). The second kappa shape index (κ2) is 24.5. The van der Waals surface area contributed by atoms with E-state index in [0.717, 1.165) is 22.8 Å². The van der Waals surface area contributed by atoms with Crippen LogP contribution >= 0.6 is 0 Å². The first-order chi connectivity index (χ1) is 27.6. The van der Waals surface area contributed by atoms with E-state index >= 15 is 4.39 Å². The maximum absolute atomic E-state index is 15.6. The molecule has 0 saturated heterocycles. The van der Waals surface area contributed by atoms with E-state index in [1.165, 1.54) is 17.9 Å². The van der Waals surface area contributed by atoms with Crippen LogP contribution in [0.1, 0.15) is 27.9 Å². The van der Waals surface area contributed by atoms with Gasteiger partial charge in [0, 0.05) is 48.9 Å². The van der Waals surface area contributed by atoms with Crippen molar-refractivity contribution >= 4 is 27.5 Å². The highest BCUT2D eigenvalue weighted by atomic mass is 32.2. The highest BCUT2D eigenvalue weighted by molar-refractivity contribution is 7.91. The first-order valence-electron chi connectivity index (χ1n) is 18.8. The van der Waals surface area contributed by atoms with Crippen molar-refractivity contribution in [2.45, 2.75) is 24.8 Å². The number of nitrogens with zero attached hydrogens (tertiary/aromatic N) is 2. The minimum absolute atomic E-state index is 0.00640. The van der Waals surface area contributed by atoms with Gasteiger partial charge in [-0.2, -0.15) is 0 Å². The van der Waals surface area contributed by atoms with Gasteiger partial charge in [-0.1, -0.05) is 6.07 Å². The van der Waals surface area contributed by atoms with Gasteiger partial charge in [-0.05, 0) is 54.4 Å². The Labute approximate surface area is 333 Å². The first kappa shape index (κ1) is 45.4. The second-order valence-electron chi connectivity index (χ2n) is 12.8. The number of anilines is 1. The molecule has 1 aromatic heterocycles. The Morgan fingerprint density at radius 1 is 0.842 bits per heavy atom. The van der Waals surface area contributed by atoms with Gasteiger partial charge in [0.05, 0.1) is 91.6 Å². The van der Waals surface area contributed by atoms with E-state index in [0.29, 0.717) is 84.2 Å². The summed E-state index contributed by atoms with van der Waals surface area (Å²) in [6.07, 6.45) is 1.66. The SMILES string of the molecule is Cc1c(C(=O)N2CCOc3ccc(-c4ccc(N)nc4)cc3C2)ccc(S(=O)(=O)CCNC(=O)CCOCCOCCOCCOCCOCCOCCN)c1F. The molecule has 0 bridgehead atoms. The highest BCUT2D eigenvalue weighted by Gasteiger charge is 2.27. The molecule has 0 atom stereocenters. The minimum atomic E-state index is -4.13. The Morgan fingerprint density at radius 2 is 1.44 bits per heavy atom. The van der Waals surface area contributed by atoms with Gasteiger partial charge in [0.15, 0.2) is 9.84 Å². The molecule has 2 heterocycles. The molecule has 0 radical (unpaired) electrons. The number of aromatic nitrogens is 1. The lowest BCUT2D eigenvalue weighted by atomic mass is 10.0. The van der Waals surface area contributed by atoms with Crippen molar-refractivity contribution < 1.29 is 55.6 Å². The lowest BCUT2D eigenvalue weighted by Crippen LogP contribution is -2.33. The van der Waals surface area contributed by atoms with Crippen molar-refractivity contribution in [3.8, 4) is 16.9 Å². The number of nitrogen functional groups attached to an aromatic ring is 1. The molecule has 16 nitrogen and oxygen atoms in total. The normalized spacial score (nSPS) is 12.9. The van der Waals surface area contributed by atoms with Crippen molar-refractivity contribution in [3.05, 3.63) is 71.2 Å². The molecule has 4 rings (SSSR count). The largest absolute Gasteiger partial charge is 0.491 e. The number of hydrogen-bond acceptors (Lipinski definition) is 14. The minimum Gasteiger partial charge on any atom is -0.491 e. The van der Waals surface area contributed by atoms with Gasteiger partial charge in [-0.25, -0.2) is 17.8 Å². The number of benzene rings is 2. The fourth-order valence-electron chi connectivity index (χ4n) is 5.60. The summed E-state index contributed by atoms with van der Waals surface area (Å²) in [7, 11) is -4.13. The Morgan fingerprint density at radius 3 is 2.04 bits per heavy atom. The molecule has 0 spiro atoms. The lowest BCUT2D eigenvalue weighted by Gasteiger charge is -2.22. The topological polar surface area (TPSA) is 213 Å². The van der Waals surface area contributed by atoms with E-state index in [-0.39, 0.29) is 57.0 Å². The second-order valence-corrected chi connectivity index (χ2v) is 14.9. The molecule has 0 saturated carbocycles. The summed E-state index contributed by atoms with van der Waals surface area (Å²) in [5.41, 5.74) is 13.5. The molecule has 2 amide bonds. The molecule has 57 heavy (non-hydrogen) atoms. The predicted molar refractivity (Wildman–Crippen MR) is 209 cm³/mol. The number of nitrogens with one attached hydrogen (secondary N) is 1. The van der Waals surface area contributed by atoms with Gasteiger partial charge in [-0.3, -0.25) is 9.59 Å². The molecule has 3 aromatic rings. The number of pyridine rings is 1. The number of rotatable bonds is 26. The van der Waals surface area contributed by atoms with Crippen LogP contribution in [0.15, 0.2) is 53.6 Å². The average molecular weight is 820 g/mol. The van der Waals surface area contributed by atoms with Gasteiger partial charge in [0.25, 0.3) is 5.91 Å². The third-order valence-electron chi connectivity index (χ3n) is 8.65. The van der Waals surface area contributed by atoms with Crippen molar-refractivity contribution in [2.75, 3.05) is 117 Å². The predicted octanol–water partition coefficient (Wildman–Crippen LogP) is 2.15. The van der Waals surface area contributed by atoms with Crippen LogP contribution in [-0.4, -0.2) is 141 Å². The molecule has 314 valence electrons. The van der Waals surface area contributed by atoms with Gasteiger partial charge < -0.3 is 54.8 Å². The summed E-state index contributed by atoms with van der Waals surface area (Å²) in [6, 6.07) is 11.6. The summed E-state index contributed by atoms with van der Waals surface area (Å²) in [6.45, 7) is 7.08. The Bertz CT molecular complexity index is 1820. The van der Waals surface area contributed by atoms with Gasteiger partial charge in [0.2, 0.25) is 5.91 Å². The molecule has 0 aliphatic carbocycles. The number of amides is 2. The zero-order chi connectivity index (χ0) is 40.9. The van der Waals surface area contributed by atoms with Crippen LogP contribution in [0.4, 0.5) is 10.2 Å². The maximum Gasteiger partial charge on any atom is 0.254 e. The molecular weight excluding hydrogens is 766 g/mol. The van der Waals surface area contributed by atoms with E-state index < -0.39 is 38.1 Å². The Kier molecular flexibility index (Phi) is 19.5. The van der Waals surface area contributed by atoms with Crippen LogP contribution in [-0.2, 0) is 49.6 Å². The van der Waals surface area contributed by atoms with Crippen molar-refractivity contribution in [1.82, 2.24) is 15.2 Å². The average Bonchev–Trinajstić information content (AvgIpc) is 3.42. The number of ether oxygens (including phenoxy) is 7. The molecule has 5 N–H and O–H groups in total. The van der Waals surface area contributed by atoms with Crippen LogP contribution < -0.4 is 21.5 Å². The molecule has 2 aromatic carbocycles. The molecule has 0 fully saturated rings. The third kappa shape index (κ3) is 15.2. The van der Waals surface area contributed by atoms with Crippen molar-refractivity contribution in [3.63, 3.8) is 0 Å². The summed E-state index contributed by atoms with van der Waals surface area (Å²) in [5, 5.41) is 2.53. The highest BCUT2D eigenvalue weighted by Crippen LogP contribution is 2.31. The zero-order valence-corrected chi connectivity index (χ0v) is 33.2. The molecular formula is C39H54FN5O11S. The summed E-state index contributed by atoms with van der Waals surface area (Å²) in [5.74, 6) is -1.39. The number of fused-ring (bicyclic) bond motifs is 1. The van der Waals surface area contributed by atoms with Crippen LogP contribution in [0.3, 0.4) is 0 Å². The van der Waals surface area contributed by atoms with E-state index in [9.17, 15) is 18.0 Å². The van der Waals surface area contributed by atoms with Gasteiger partial charge in [0.1, 0.15) is 28.9 Å². The molecule has 0 unspecified atom stereocenters. The number of hydrogen-bond donors (Lipinski definition) is 3. The van der Waals surface area contributed by atoms with Crippen LogP contribution in [0, 0.1) is 12.7 Å². The Hall–Kier alpha value is -4.27. The molecule has 1 aliphatic rings. The number of carbonyl (C=O) groups excluding carboxylic acids is 2. The molecule has 1 aliphatic heterocycles. The van der Waals surface area contributed by atoms with E-state index in [1.54, 1.807) is 12.3 Å². The smallest absolute Gasteiger partial charge is 0.254 e. The number of nitrogens with two attached hydrogens (primary N) is 2. The first-order valence-corrected chi connectivity index (χ1v) is 20.5. The third-order valence-corrected chi connectivity index (χ3v) is 10.4. The summed E-state index contributed by atoms with van der Waals surface area (Å²) >= 11 is 0. The zero-order valence-electron chi connectivity index (χ0n) is 32.4. The van der Waals surface area contributed by atoms with Crippen LogP contribution in [0.5, 0.6) is 5.75 Å². The van der Waals surface area contributed by atoms with Crippen LogP contribution in [0.25, 0.3) is 11.1 Å². The number of carbonyl (C=O) groups is 2. The van der Waals surface area contributed by atoms with E-state index in [1.807, 2.05) is 24.3 Å². The van der Waals surface area contributed by atoms with E-state index in [2.05, 4.69) is 10.3 Å². The summed E-state index contributed by atoms with van der Waals surface area (Å²) in [4.78, 5) is 31.1. The monoisotopic (exact) mass is 819 g/mol. The van der Waals surface area contributed by atoms with Crippen molar-refractivity contribution in [2.24, 2.45) is 5.73 Å². The van der Waals surface area contributed by atoms with Crippen molar-refractivity contribution in [1.29, 1.82) is 0 Å².